The van der Waals surface area contributed by atoms with Crippen molar-refractivity contribution in [3.8, 4) is 11.3 Å². The SMILES string of the molecule is CCc1sc2nc(C)c(C=O)n2c1-c1ccc(C)cc1C. The predicted octanol–water partition coefficient (Wildman–Crippen LogP) is 4.36. The van der Waals surface area contributed by atoms with Crippen LogP contribution in [0.3, 0.4) is 0 Å². The molecule has 21 heavy (non-hydrogen) atoms. The quantitative estimate of drug-likeness (QED) is 0.673. The van der Waals surface area contributed by atoms with Crippen molar-refractivity contribution < 1.29 is 4.79 Å². The number of nitrogens with zero attached hydrogens (tertiary/aromatic N) is 2. The molecule has 0 atom stereocenters. The van der Waals surface area contributed by atoms with E-state index in [1.165, 1.54) is 21.6 Å². The van der Waals surface area contributed by atoms with Crippen LogP contribution in [0, 0.1) is 20.8 Å². The van der Waals surface area contributed by atoms with Gasteiger partial charge in [-0.1, -0.05) is 30.7 Å². The number of hydrogen-bond acceptors (Lipinski definition) is 3. The Morgan fingerprint density at radius 1 is 1.29 bits per heavy atom. The van der Waals surface area contributed by atoms with E-state index >= 15 is 0 Å². The molecule has 108 valence electrons. The van der Waals surface area contributed by atoms with Crippen LogP contribution in [0.1, 0.15) is 39.1 Å². The van der Waals surface area contributed by atoms with Crippen LogP contribution < -0.4 is 0 Å². The second-order valence-corrected chi connectivity index (χ2v) is 6.43. The van der Waals surface area contributed by atoms with Crippen LogP contribution in [0.25, 0.3) is 16.2 Å². The molecule has 0 radical (unpaired) electrons. The molecule has 0 unspecified atom stereocenters. The summed E-state index contributed by atoms with van der Waals surface area (Å²) in [5, 5.41) is 0. The number of benzene rings is 1. The number of thiazole rings is 1. The maximum atomic E-state index is 11.5. The molecule has 3 aromatic rings. The largest absolute Gasteiger partial charge is 0.296 e. The fourth-order valence-corrected chi connectivity index (χ4v) is 3.94. The van der Waals surface area contributed by atoms with Crippen LogP contribution in [-0.2, 0) is 6.42 Å². The van der Waals surface area contributed by atoms with E-state index < -0.39 is 0 Å². The molecule has 0 fully saturated rings. The van der Waals surface area contributed by atoms with Crippen molar-refractivity contribution in [3.63, 3.8) is 0 Å². The molecule has 3 rings (SSSR count). The highest BCUT2D eigenvalue weighted by molar-refractivity contribution is 7.17. The van der Waals surface area contributed by atoms with Gasteiger partial charge in [0.1, 0.15) is 5.69 Å². The van der Waals surface area contributed by atoms with E-state index in [2.05, 4.69) is 44.0 Å². The Kier molecular flexibility index (Phi) is 3.41. The van der Waals surface area contributed by atoms with Crippen LogP contribution in [-0.4, -0.2) is 15.7 Å². The van der Waals surface area contributed by atoms with Gasteiger partial charge in [0.15, 0.2) is 11.2 Å². The Morgan fingerprint density at radius 2 is 2.05 bits per heavy atom. The molecule has 2 heterocycles. The van der Waals surface area contributed by atoms with Gasteiger partial charge in [-0.25, -0.2) is 4.98 Å². The minimum Gasteiger partial charge on any atom is -0.296 e. The van der Waals surface area contributed by atoms with E-state index in [1.54, 1.807) is 11.3 Å². The maximum absolute atomic E-state index is 11.5. The van der Waals surface area contributed by atoms with Crippen molar-refractivity contribution in [3.05, 3.63) is 45.6 Å². The molecule has 4 heteroatoms. The van der Waals surface area contributed by atoms with E-state index in [9.17, 15) is 4.79 Å². The topological polar surface area (TPSA) is 34.4 Å². The number of hydrogen-bond donors (Lipinski definition) is 0. The summed E-state index contributed by atoms with van der Waals surface area (Å²) < 4.78 is 2.02. The first kappa shape index (κ1) is 14.0. The Morgan fingerprint density at radius 3 is 2.67 bits per heavy atom. The number of aryl methyl sites for hydroxylation is 4. The minimum atomic E-state index is 0.663. The lowest BCUT2D eigenvalue weighted by molar-refractivity contribution is 0.111. The predicted molar refractivity (Wildman–Crippen MR) is 87.5 cm³/mol. The number of imidazole rings is 1. The monoisotopic (exact) mass is 298 g/mol. The van der Waals surface area contributed by atoms with Gasteiger partial charge < -0.3 is 0 Å². The van der Waals surface area contributed by atoms with Crippen LogP contribution in [0.15, 0.2) is 18.2 Å². The number of aldehydes is 1. The molecule has 0 spiro atoms. The van der Waals surface area contributed by atoms with Crippen molar-refractivity contribution in [2.24, 2.45) is 0 Å². The van der Waals surface area contributed by atoms with Crippen LogP contribution in [0.4, 0.5) is 0 Å². The van der Waals surface area contributed by atoms with E-state index in [4.69, 9.17) is 0 Å². The summed E-state index contributed by atoms with van der Waals surface area (Å²) in [7, 11) is 0. The maximum Gasteiger partial charge on any atom is 0.195 e. The third-order valence-electron chi connectivity index (χ3n) is 3.84. The van der Waals surface area contributed by atoms with Crippen LogP contribution >= 0.6 is 11.3 Å². The summed E-state index contributed by atoms with van der Waals surface area (Å²) >= 11 is 1.67. The fourth-order valence-electron chi connectivity index (χ4n) is 2.81. The van der Waals surface area contributed by atoms with Crippen molar-refractivity contribution in [2.75, 3.05) is 0 Å². The minimum absolute atomic E-state index is 0.663. The molecule has 0 aliphatic heterocycles. The van der Waals surface area contributed by atoms with Crippen molar-refractivity contribution >= 4 is 22.6 Å². The van der Waals surface area contributed by atoms with Crippen molar-refractivity contribution in [1.82, 2.24) is 9.38 Å². The lowest BCUT2D eigenvalue weighted by Gasteiger charge is -2.09. The highest BCUT2D eigenvalue weighted by Gasteiger charge is 2.20. The van der Waals surface area contributed by atoms with Gasteiger partial charge in [-0.15, -0.1) is 11.3 Å². The highest BCUT2D eigenvalue weighted by atomic mass is 32.1. The fraction of sp³-hybridized carbons (Fsp3) is 0.294. The third-order valence-corrected chi connectivity index (χ3v) is 5.02. The van der Waals surface area contributed by atoms with Gasteiger partial charge in [-0.05, 0) is 32.8 Å². The highest BCUT2D eigenvalue weighted by Crippen LogP contribution is 2.35. The van der Waals surface area contributed by atoms with E-state index in [0.29, 0.717) is 5.69 Å². The molecule has 3 nitrogen and oxygen atoms in total. The van der Waals surface area contributed by atoms with E-state index in [0.717, 1.165) is 29.1 Å². The lowest BCUT2D eigenvalue weighted by Crippen LogP contribution is -1.97. The molecule has 0 aliphatic rings. The van der Waals surface area contributed by atoms with E-state index in [-0.39, 0.29) is 0 Å². The first-order chi connectivity index (χ1) is 10.1. The molecular weight excluding hydrogens is 280 g/mol. The van der Waals surface area contributed by atoms with Gasteiger partial charge in [-0.3, -0.25) is 9.20 Å². The Hall–Kier alpha value is -1.94. The van der Waals surface area contributed by atoms with E-state index in [1.807, 2.05) is 11.3 Å². The van der Waals surface area contributed by atoms with Gasteiger partial charge in [0.25, 0.3) is 0 Å². The molecule has 0 bridgehead atoms. The summed E-state index contributed by atoms with van der Waals surface area (Å²) in [5.41, 5.74) is 6.24. The number of rotatable bonds is 3. The second-order valence-electron chi connectivity index (χ2n) is 5.36. The number of carbonyl (C=O) groups excluding carboxylic acids is 1. The third kappa shape index (κ3) is 2.10. The molecule has 1 aromatic carbocycles. The molecule has 0 N–H and O–H groups in total. The zero-order valence-electron chi connectivity index (χ0n) is 12.7. The Bertz CT molecular complexity index is 842. The summed E-state index contributed by atoms with van der Waals surface area (Å²) in [6.45, 7) is 8.25. The summed E-state index contributed by atoms with van der Waals surface area (Å²) in [6, 6.07) is 6.45. The zero-order chi connectivity index (χ0) is 15.1. The first-order valence-electron chi connectivity index (χ1n) is 7.10. The molecular formula is C17H18N2OS. The normalized spacial score (nSPS) is 11.2. The molecule has 0 saturated heterocycles. The van der Waals surface area contributed by atoms with Gasteiger partial charge in [0, 0.05) is 10.4 Å². The van der Waals surface area contributed by atoms with Crippen LogP contribution in [0.2, 0.25) is 0 Å². The summed E-state index contributed by atoms with van der Waals surface area (Å²) in [5.74, 6) is 0. The summed E-state index contributed by atoms with van der Waals surface area (Å²) in [6.07, 6.45) is 1.85. The lowest BCUT2D eigenvalue weighted by atomic mass is 10.0. The second kappa shape index (κ2) is 5.11. The molecule has 0 aliphatic carbocycles. The zero-order valence-corrected chi connectivity index (χ0v) is 13.5. The van der Waals surface area contributed by atoms with Gasteiger partial charge in [0.2, 0.25) is 0 Å². The molecule has 0 saturated carbocycles. The Labute approximate surface area is 128 Å². The average Bonchev–Trinajstić information content (AvgIpc) is 2.93. The standard InChI is InChI=1S/C17H18N2OS/c1-5-15-16(13-7-6-10(2)8-11(13)3)19-14(9-20)12(4)18-17(19)21-15/h6-9H,5H2,1-4H3. The number of aromatic nitrogens is 2. The first-order valence-corrected chi connectivity index (χ1v) is 7.92. The number of fused-ring (bicyclic) bond motifs is 1. The van der Waals surface area contributed by atoms with Crippen molar-refractivity contribution in [2.45, 2.75) is 34.1 Å². The van der Waals surface area contributed by atoms with Crippen LogP contribution in [0.5, 0.6) is 0 Å². The molecule has 0 amide bonds. The smallest absolute Gasteiger partial charge is 0.195 e. The van der Waals surface area contributed by atoms with Gasteiger partial charge in [0.05, 0.1) is 11.4 Å². The number of carbonyl (C=O) groups is 1. The average molecular weight is 298 g/mol. The van der Waals surface area contributed by atoms with Crippen molar-refractivity contribution in [1.29, 1.82) is 0 Å². The molecule has 2 aromatic heterocycles. The summed E-state index contributed by atoms with van der Waals surface area (Å²) in [4.78, 5) is 18.2. The van der Waals surface area contributed by atoms with Gasteiger partial charge >= 0.3 is 0 Å². The van der Waals surface area contributed by atoms with Gasteiger partial charge in [-0.2, -0.15) is 0 Å². The Balaban J connectivity index is 2.41.